The predicted molar refractivity (Wildman–Crippen MR) is 124 cm³/mol. The Hall–Kier alpha value is -2.77. The Labute approximate surface area is 186 Å². The number of carbonyl (C=O) groups is 1. The minimum atomic E-state index is -0.342. The third-order valence-corrected chi connectivity index (χ3v) is 6.78. The highest BCUT2D eigenvalue weighted by Gasteiger charge is 2.25. The van der Waals surface area contributed by atoms with Gasteiger partial charge in [-0.2, -0.15) is 0 Å². The van der Waals surface area contributed by atoms with Gasteiger partial charge in [-0.1, -0.05) is 51.1 Å². The molecule has 31 heavy (non-hydrogen) atoms. The van der Waals surface area contributed by atoms with Crippen molar-refractivity contribution in [2.75, 3.05) is 26.2 Å². The standard InChI is InChI=1S/C24H28N4O2S/c1-24(2,3)23-25-18(16-31-23)15-27-11-13-28(14-12-27)22(30)19-9-10-20(26-21(19)29)17-7-5-4-6-8-17/h4-10,16H,11-15H2,1-3H3,(H,26,29). The molecule has 0 atom stereocenters. The van der Waals surface area contributed by atoms with Crippen molar-refractivity contribution in [3.63, 3.8) is 0 Å². The summed E-state index contributed by atoms with van der Waals surface area (Å²) in [5.74, 6) is -0.204. The highest BCUT2D eigenvalue weighted by atomic mass is 32.1. The van der Waals surface area contributed by atoms with Gasteiger partial charge in [-0.15, -0.1) is 11.3 Å². The molecule has 6 nitrogen and oxygen atoms in total. The number of carbonyl (C=O) groups excluding carboxylic acids is 1. The van der Waals surface area contributed by atoms with Crippen molar-refractivity contribution < 1.29 is 4.79 Å². The molecule has 0 radical (unpaired) electrons. The third kappa shape index (κ3) is 4.94. The fraction of sp³-hybridized carbons (Fsp3) is 0.375. The molecule has 0 aliphatic carbocycles. The normalized spacial score (nSPS) is 15.3. The molecular formula is C24H28N4O2S. The van der Waals surface area contributed by atoms with Gasteiger partial charge in [0, 0.05) is 49.2 Å². The van der Waals surface area contributed by atoms with Crippen LogP contribution in [0.4, 0.5) is 0 Å². The number of aromatic nitrogens is 2. The second-order valence-electron chi connectivity index (χ2n) is 8.94. The molecule has 162 valence electrons. The van der Waals surface area contributed by atoms with E-state index in [1.54, 1.807) is 28.4 Å². The van der Waals surface area contributed by atoms with E-state index in [0.717, 1.165) is 35.9 Å². The zero-order chi connectivity index (χ0) is 22.0. The number of hydrogen-bond donors (Lipinski definition) is 1. The van der Waals surface area contributed by atoms with Crippen molar-refractivity contribution in [2.24, 2.45) is 0 Å². The van der Waals surface area contributed by atoms with Crippen LogP contribution >= 0.6 is 11.3 Å². The SMILES string of the molecule is CC(C)(C)c1nc(CN2CCN(C(=O)c3ccc(-c4ccccc4)[nH]c3=O)CC2)cs1. The lowest BCUT2D eigenvalue weighted by atomic mass is 9.98. The number of nitrogens with zero attached hydrogens (tertiary/aromatic N) is 3. The van der Waals surface area contributed by atoms with Crippen molar-refractivity contribution in [2.45, 2.75) is 32.7 Å². The summed E-state index contributed by atoms with van der Waals surface area (Å²) >= 11 is 1.71. The summed E-state index contributed by atoms with van der Waals surface area (Å²) in [5.41, 5.74) is 2.64. The average Bonchev–Trinajstić information content (AvgIpc) is 3.23. The molecule has 0 unspecified atom stereocenters. The van der Waals surface area contributed by atoms with Gasteiger partial charge in [0.15, 0.2) is 0 Å². The molecule has 1 fully saturated rings. The van der Waals surface area contributed by atoms with Crippen molar-refractivity contribution in [3.05, 3.63) is 74.5 Å². The van der Waals surface area contributed by atoms with E-state index in [0.29, 0.717) is 18.8 Å². The van der Waals surface area contributed by atoms with Crippen LogP contribution in [0, 0.1) is 0 Å². The van der Waals surface area contributed by atoms with Crippen LogP contribution in [-0.2, 0) is 12.0 Å². The summed E-state index contributed by atoms with van der Waals surface area (Å²) in [6.45, 7) is 10.1. The van der Waals surface area contributed by atoms with E-state index < -0.39 is 0 Å². The zero-order valence-corrected chi connectivity index (χ0v) is 19.0. The van der Waals surface area contributed by atoms with Gasteiger partial charge in [0.25, 0.3) is 11.5 Å². The Morgan fingerprint density at radius 1 is 1.06 bits per heavy atom. The number of benzene rings is 1. The lowest BCUT2D eigenvalue weighted by molar-refractivity contribution is 0.0625. The van der Waals surface area contributed by atoms with Crippen molar-refractivity contribution in [1.82, 2.24) is 19.8 Å². The molecule has 1 N–H and O–H groups in total. The quantitative estimate of drug-likeness (QED) is 0.676. The first-order valence-electron chi connectivity index (χ1n) is 10.6. The molecule has 7 heteroatoms. The van der Waals surface area contributed by atoms with Gasteiger partial charge in [0.1, 0.15) is 5.56 Å². The molecule has 0 saturated carbocycles. The fourth-order valence-corrected chi connectivity index (χ4v) is 4.56. The van der Waals surface area contributed by atoms with Crippen LogP contribution in [0.3, 0.4) is 0 Å². The topological polar surface area (TPSA) is 69.3 Å². The van der Waals surface area contributed by atoms with Gasteiger partial charge in [0.2, 0.25) is 0 Å². The van der Waals surface area contributed by atoms with Gasteiger partial charge in [-0.25, -0.2) is 4.98 Å². The molecule has 3 aromatic rings. The molecule has 1 aromatic carbocycles. The number of rotatable bonds is 4. The minimum absolute atomic E-state index is 0.0666. The van der Waals surface area contributed by atoms with Crippen LogP contribution < -0.4 is 5.56 Å². The smallest absolute Gasteiger partial charge is 0.261 e. The van der Waals surface area contributed by atoms with E-state index in [9.17, 15) is 9.59 Å². The molecule has 2 aromatic heterocycles. The number of piperazine rings is 1. The maximum Gasteiger partial charge on any atom is 0.261 e. The van der Waals surface area contributed by atoms with Gasteiger partial charge < -0.3 is 9.88 Å². The van der Waals surface area contributed by atoms with Crippen LogP contribution in [0.5, 0.6) is 0 Å². The lowest BCUT2D eigenvalue weighted by Crippen LogP contribution is -2.49. The number of amides is 1. The molecule has 1 aliphatic heterocycles. The zero-order valence-electron chi connectivity index (χ0n) is 18.2. The van der Waals surface area contributed by atoms with Crippen LogP contribution in [0.15, 0.2) is 52.6 Å². The first-order valence-corrected chi connectivity index (χ1v) is 11.4. The van der Waals surface area contributed by atoms with Crippen LogP contribution in [0.2, 0.25) is 0 Å². The highest BCUT2D eigenvalue weighted by Crippen LogP contribution is 2.26. The van der Waals surface area contributed by atoms with Gasteiger partial charge in [-0.3, -0.25) is 14.5 Å². The summed E-state index contributed by atoms with van der Waals surface area (Å²) in [6.07, 6.45) is 0. The van der Waals surface area contributed by atoms with E-state index >= 15 is 0 Å². The van der Waals surface area contributed by atoms with Gasteiger partial charge in [0.05, 0.1) is 10.7 Å². The molecule has 1 amide bonds. The monoisotopic (exact) mass is 436 g/mol. The Kier molecular flexibility index (Phi) is 6.07. The Bertz CT molecular complexity index is 1110. The Balaban J connectivity index is 1.37. The average molecular weight is 437 g/mol. The first kappa shape index (κ1) is 21.5. The summed E-state index contributed by atoms with van der Waals surface area (Å²) in [4.78, 5) is 37.2. The summed E-state index contributed by atoms with van der Waals surface area (Å²) in [5, 5.41) is 3.28. The van der Waals surface area contributed by atoms with Crippen LogP contribution in [0.1, 0.15) is 41.8 Å². The Morgan fingerprint density at radius 2 is 1.77 bits per heavy atom. The minimum Gasteiger partial charge on any atom is -0.336 e. The summed E-state index contributed by atoms with van der Waals surface area (Å²) < 4.78 is 0. The molecule has 4 rings (SSSR count). The van der Waals surface area contributed by atoms with Crippen molar-refractivity contribution >= 4 is 17.2 Å². The number of hydrogen-bond acceptors (Lipinski definition) is 5. The lowest BCUT2D eigenvalue weighted by Gasteiger charge is -2.34. The number of nitrogens with one attached hydrogen (secondary N) is 1. The molecular weight excluding hydrogens is 408 g/mol. The second-order valence-corrected chi connectivity index (χ2v) is 9.80. The number of thiazole rings is 1. The summed E-state index contributed by atoms with van der Waals surface area (Å²) in [7, 11) is 0. The molecule has 0 spiro atoms. The van der Waals surface area contributed by atoms with E-state index in [4.69, 9.17) is 4.98 Å². The van der Waals surface area contributed by atoms with Gasteiger partial charge >= 0.3 is 0 Å². The van der Waals surface area contributed by atoms with E-state index in [1.165, 1.54) is 0 Å². The first-order chi connectivity index (χ1) is 14.8. The predicted octanol–water partition coefficient (Wildman–Crippen LogP) is 3.75. The molecule has 3 heterocycles. The molecule has 0 bridgehead atoms. The number of H-pyrrole nitrogens is 1. The van der Waals surface area contributed by atoms with E-state index in [1.807, 2.05) is 30.3 Å². The largest absolute Gasteiger partial charge is 0.336 e. The molecule has 1 saturated heterocycles. The second kappa shape index (κ2) is 8.77. The third-order valence-electron chi connectivity index (χ3n) is 5.46. The maximum absolute atomic E-state index is 12.9. The maximum atomic E-state index is 12.9. The van der Waals surface area contributed by atoms with E-state index in [-0.39, 0.29) is 22.4 Å². The fourth-order valence-electron chi connectivity index (χ4n) is 3.66. The van der Waals surface area contributed by atoms with Crippen LogP contribution in [0.25, 0.3) is 11.3 Å². The van der Waals surface area contributed by atoms with Gasteiger partial charge in [-0.05, 0) is 17.7 Å². The Morgan fingerprint density at radius 3 is 2.39 bits per heavy atom. The van der Waals surface area contributed by atoms with Crippen LogP contribution in [-0.4, -0.2) is 51.9 Å². The highest BCUT2D eigenvalue weighted by molar-refractivity contribution is 7.09. The molecule has 1 aliphatic rings. The number of pyridine rings is 1. The van der Waals surface area contributed by atoms with Crippen molar-refractivity contribution in [3.8, 4) is 11.3 Å². The number of aromatic amines is 1. The van der Waals surface area contributed by atoms with Crippen molar-refractivity contribution in [1.29, 1.82) is 0 Å². The van der Waals surface area contributed by atoms with E-state index in [2.05, 4.69) is 36.0 Å². The summed E-state index contributed by atoms with van der Waals surface area (Å²) in [6, 6.07) is 13.1.